The molecular weight excluding hydrogens is 318 g/mol. The maximum Gasteiger partial charge on any atom is 0.145 e. The number of rotatable bonds is 3. The lowest BCUT2D eigenvalue weighted by Gasteiger charge is -2.09. The van der Waals surface area contributed by atoms with Gasteiger partial charge in [-0.2, -0.15) is 0 Å². The second kappa shape index (κ2) is 5.25. The highest BCUT2D eigenvalue weighted by atomic mass is 79.9. The summed E-state index contributed by atoms with van der Waals surface area (Å²) in [7, 11) is 0. The normalized spacial score (nSPS) is 11.2. The minimum Gasteiger partial charge on any atom is -0.491 e. The number of halogens is 1. The first kappa shape index (κ1) is 13.1. The van der Waals surface area contributed by atoms with E-state index in [1.807, 2.05) is 48.7 Å². The molecule has 3 rings (SSSR count). The number of aromatic nitrogens is 3. The second-order valence-corrected chi connectivity index (χ2v) is 5.50. The van der Waals surface area contributed by atoms with Crippen LogP contribution in [0.25, 0.3) is 16.9 Å². The predicted octanol–water partition coefficient (Wildman–Crippen LogP) is 3.95. The van der Waals surface area contributed by atoms with Gasteiger partial charge in [0, 0.05) is 18.0 Å². The molecule has 1 aromatic carbocycles. The summed E-state index contributed by atoms with van der Waals surface area (Å²) < 4.78 is 8.46. The molecule has 3 aromatic rings. The molecule has 0 saturated heterocycles. The van der Waals surface area contributed by atoms with Gasteiger partial charge in [-0.15, -0.1) is 0 Å². The van der Waals surface area contributed by atoms with E-state index in [9.17, 15) is 0 Å². The van der Waals surface area contributed by atoms with Gasteiger partial charge in [0.15, 0.2) is 0 Å². The van der Waals surface area contributed by atoms with E-state index in [-0.39, 0.29) is 6.10 Å². The Labute approximate surface area is 125 Å². The van der Waals surface area contributed by atoms with Crippen LogP contribution in [0.1, 0.15) is 13.8 Å². The molecule has 102 valence electrons. The van der Waals surface area contributed by atoms with E-state index in [2.05, 4.69) is 25.9 Å². The van der Waals surface area contributed by atoms with Crippen LogP contribution in [-0.4, -0.2) is 20.5 Å². The molecule has 0 fully saturated rings. The summed E-state index contributed by atoms with van der Waals surface area (Å²) >= 11 is 3.47. The fourth-order valence-electron chi connectivity index (χ4n) is 2.06. The molecule has 0 aliphatic heterocycles. The zero-order valence-electron chi connectivity index (χ0n) is 11.2. The molecule has 0 spiro atoms. The molecule has 0 aliphatic carbocycles. The molecule has 0 unspecified atom stereocenters. The largest absolute Gasteiger partial charge is 0.491 e. The van der Waals surface area contributed by atoms with Crippen LogP contribution in [0.15, 0.2) is 47.5 Å². The summed E-state index contributed by atoms with van der Waals surface area (Å²) in [6.07, 6.45) is 5.62. The van der Waals surface area contributed by atoms with Gasteiger partial charge in [0.05, 0.1) is 17.8 Å². The topological polar surface area (TPSA) is 39.4 Å². The summed E-state index contributed by atoms with van der Waals surface area (Å²) in [5.41, 5.74) is 1.98. The van der Waals surface area contributed by atoms with Gasteiger partial charge in [0.1, 0.15) is 16.2 Å². The van der Waals surface area contributed by atoms with Gasteiger partial charge in [-0.3, -0.25) is 9.38 Å². The molecular formula is C15H14BrN3O. The van der Waals surface area contributed by atoms with Crippen molar-refractivity contribution in [2.24, 2.45) is 0 Å². The number of hydrogen-bond acceptors (Lipinski definition) is 3. The lowest BCUT2D eigenvalue weighted by Crippen LogP contribution is -2.05. The van der Waals surface area contributed by atoms with Crippen molar-refractivity contribution in [3.8, 4) is 17.1 Å². The van der Waals surface area contributed by atoms with Gasteiger partial charge in [-0.05, 0) is 54.0 Å². The highest BCUT2D eigenvalue weighted by molar-refractivity contribution is 9.10. The van der Waals surface area contributed by atoms with Gasteiger partial charge in [0.2, 0.25) is 0 Å². The molecule has 2 aromatic heterocycles. The monoisotopic (exact) mass is 331 g/mol. The van der Waals surface area contributed by atoms with Crippen molar-refractivity contribution in [3.63, 3.8) is 0 Å². The summed E-state index contributed by atoms with van der Waals surface area (Å²) in [5, 5.41) is 0. The van der Waals surface area contributed by atoms with Crippen molar-refractivity contribution in [1.29, 1.82) is 0 Å². The Balaban J connectivity index is 2.03. The van der Waals surface area contributed by atoms with Crippen molar-refractivity contribution in [2.45, 2.75) is 20.0 Å². The van der Waals surface area contributed by atoms with Gasteiger partial charge < -0.3 is 4.74 Å². The average Bonchev–Trinajstić information content (AvgIpc) is 2.77. The number of benzene rings is 1. The Morgan fingerprint density at radius 2 is 1.95 bits per heavy atom. The van der Waals surface area contributed by atoms with E-state index in [0.29, 0.717) is 0 Å². The van der Waals surface area contributed by atoms with Crippen molar-refractivity contribution in [3.05, 3.63) is 47.5 Å². The molecule has 0 atom stereocenters. The molecule has 0 saturated carbocycles. The van der Waals surface area contributed by atoms with Crippen LogP contribution >= 0.6 is 15.9 Å². The van der Waals surface area contributed by atoms with Crippen molar-refractivity contribution in [1.82, 2.24) is 14.4 Å². The number of hydrogen-bond donors (Lipinski definition) is 0. The van der Waals surface area contributed by atoms with Crippen LogP contribution in [0, 0.1) is 0 Å². The molecule has 2 heterocycles. The van der Waals surface area contributed by atoms with Crippen LogP contribution in [0.5, 0.6) is 5.75 Å². The van der Waals surface area contributed by atoms with Crippen molar-refractivity contribution >= 4 is 21.4 Å². The first-order valence-corrected chi connectivity index (χ1v) is 7.19. The van der Waals surface area contributed by atoms with Crippen molar-refractivity contribution < 1.29 is 4.74 Å². The fraction of sp³-hybridized carbons (Fsp3) is 0.200. The summed E-state index contributed by atoms with van der Waals surface area (Å²) in [5.74, 6) is 1.75. The van der Waals surface area contributed by atoms with E-state index in [1.165, 1.54) is 0 Å². The Kier molecular flexibility index (Phi) is 3.44. The Bertz CT molecular complexity index is 734. The minimum atomic E-state index is 0.174. The number of nitrogens with zero attached hydrogens (tertiary/aromatic N) is 3. The lowest BCUT2D eigenvalue weighted by atomic mass is 10.2. The van der Waals surface area contributed by atoms with E-state index >= 15 is 0 Å². The molecule has 0 amide bonds. The molecule has 0 N–H and O–H groups in total. The Morgan fingerprint density at radius 3 is 2.65 bits per heavy atom. The molecule has 5 heteroatoms. The highest BCUT2D eigenvalue weighted by Crippen LogP contribution is 2.26. The first-order chi connectivity index (χ1) is 9.65. The SMILES string of the molecule is CC(C)Oc1ccc(-c2nc(Br)c3cnccn23)cc1. The number of imidazole rings is 1. The third kappa shape index (κ3) is 2.41. The summed E-state index contributed by atoms with van der Waals surface area (Å²) in [4.78, 5) is 8.67. The number of fused-ring (bicyclic) bond motifs is 1. The van der Waals surface area contributed by atoms with E-state index in [0.717, 1.165) is 27.3 Å². The van der Waals surface area contributed by atoms with Crippen molar-refractivity contribution in [2.75, 3.05) is 0 Å². The Hall–Kier alpha value is -1.88. The molecule has 4 nitrogen and oxygen atoms in total. The van der Waals surface area contributed by atoms with Crippen LogP contribution in [-0.2, 0) is 0 Å². The van der Waals surface area contributed by atoms with E-state index in [1.54, 1.807) is 12.4 Å². The predicted molar refractivity (Wildman–Crippen MR) is 81.9 cm³/mol. The smallest absolute Gasteiger partial charge is 0.145 e. The van der Waals surface area contributed by atoms with Gasteiger partial charge in [-0.1, -0.05) is 0 Å². The summed E-state index contributed by atoms with van der Waals surface area (Å²) in [6, 6.07) is 7.95. The maximum absolute atomic E-state index is 5.65. The average molecular weight is 332 g/mol. The third-order valence-electron chi connectivity index (χ3n) is 2.89. The quantitative estimate of drug-likeness (QED) is 0.729. The zero-order chi connectivity index (χ0) is 14.1. The summed E-state index contributed by atoms with van der Waals surface area (Å²) in [6.45, 7) is 4.03. The molecule has 20 heavy (non-hydrogen) atoms. The van der Waals surface area contributed by atoms with Gasteiger partial charge >= 0.3 is 0 Å². The van der Waals surface area contributed by atoms with Crippen LogP contribution < -0.4 is 4.74 Å². The van der Waals surface area contributed by atoms with Crippen LogP contribution in [0.3, 0.4) is 0 Å². The van der Waals surface area contributed by atoms with Crippen LogP contribution in [0.4, 0.5) is 0 Å². The zero-order valence-corrected chi connectivity index (χ0v) is 12.8. The lowest BCUT2D eigenvalue weighted by molar-refractivity contribution is 0.242. The van der Waals surface area contributed by atoms with E-state index < -0.39 is 0 Å². The second-order valence-electron chi connectivity index (χ2n) is 4.75. The maximum atomic E-state index is 5.65. The number of ether oxygens (including phenoxy) is 1. The van der Waals surface area contributed by atoms with Gasteiger partial charge in [-0.25, -0.2) is 4.98 Å². The highest BCUT2D eigenvalue weighted by Gasteiger charge is 2.10. The Morgan fingerprint density at radius 1 is 1.20 bits per heavy atom. The fourth-order valence-corrected chi connectivity index (χ4v) is 2.52. The molecule has 0 radical (unpaired) electrons. The standard InChI is InChI=1S/C15H14BrN3O/c1-10(2)20-12-5-3-11(4-6-12)15-18-14(16)13-9-17-7-8-19(13)15/h3-10H,1-2H3. The minimum absolute atomic E-state index is 0.174. The molecule has 0 aliphatic rings. The van der Waals surface area contributed by atoms with Gasteiger partial charge in [0.25, 0.3) is 0 Å². The van der Waals surface area contributed by atoms with Crippen LogP contribution in [0.2, 0.25) is 0 Å². The third-order valence-corrected chi connectivity index (χ3v) is 3.47. The first-order valence-electron chi connectivity index (χ1n) is 6.40. The van der Waals surface area contributed by atoms with E-state index in [4.69, 9.17) is 4.74 Å². The molecule has 0 bridgehead atoms.